The lowest BCUT2D eigenvalue weighted by molar-refractivity contribution is 0.282. The number of rotatable bonds is 11. The molecule has 2 nitrogen and oxygen atoms in total. The van der Waals surface area contributed by atoms with Gasteiger partial charge in [-0.05, 0) is 32.5 Å². The van der Waals surface area contributed by atoms with E-state index in [-0.39, 0.29) is 0 Å². The van der Waals surface area contributed by atoms with Crippen molar-refractivity contribution in [3.05, 3.63) is 0 Å². The zero-order chi connectivity index (χ0) is 12.2. The summed E-state index contributed by atoms with van der Waals surface area (Å²) >= 11 is 0. The third kappa shape index (κ3) is 10.4. The van der Waals surface area contributed by atoms with Gasteiger partial charge in [0.15, 0.2) is 0 Å². The van der Waals surface area contributed by atoms with E-state index in [2.05, 4.69) is 25.8 Å². The van der Waals surface area contributed by atoms with E-state index in [0.717, 1.165) is 13.1 Å². The van der Waals surface area contributed by atoms with Crippen molar-refractivity contribution in [3.8, 4) is 0 Å². The predicted molar refractivity (Wildman–Crippen MR) is 73.7 cm³/mol. The molecular weight excluding hydrogens is 196 g/mol. The summed E-state index contributed by atoms with van der Waals surface area (Å²) < 4.78 is 0. The SMILES string of the molecule is CCCCCCCCCN(C)CC(C)CN. The van der Waals surface area contributed by atoms with E-state index >= 15 is 0 Å². The van der Waals surface area contributed by atoms with E-state index in [4.69, 9.17) is 5.73 Å². The Morgan fingerprint density at radius 2 is 1.56 bits per heavy atom. The Hall–Kier alpha value is -0.0800. The van der Waals surface area contributed by atoms with Crippen LogP contribution in [-0.4, -0.2) is 31.6 Å². The Morgan fingerprint density at radius 1 is 1.00 bits per heavy atom. The molecule has 0 saturated heterocycles. The maximum Gasteiger partial charge on any atom is 0.00160 e. The number of hydrogen-bond acceptors (Lipinski definition) is 2. The molecule has 0 aromatic carbocycles. The lowest BCUT2D eigenvalue weighted by atomic mass is 10.1. The Balaban J connectivity index is 3.18. The minimum Gasteiger partial charge on any atom is -0.330 e. The van der Waals surface area contributed by atoms with Gasteiger partial charge >= 0.3 is 0 Å². The fourth-order valence-electron chi connectivity index (χ4n) is 2.04. The molecule has 0 saturated carbocycles. The van der Waals surface area contributed by atoms with Crippen molar-refractivity contribution in [2.75, 3.05) is 26.7 Å². The highest BCUT2D eigenvalue weighted by molar-refractivity contribution is 4.59. The molecule has 0 amide bonds. The summed E-state index contributed by atoms with van der Waals surface area (Å²) in [6.45, 7) is 7.68. The van der Waals surface area contributed by atoms with Crippen LogP contribution < -0.4 is 5.73 Å². The average Bonchev–Trinajstić information content (AvgIpc) is 2.27. The van der Waals surface area contributed by atoms with Crippen molar-refractivity contribution in [1.29, 1.82) is 0 Å². The Morgan fingerprint density at radius 3 is 2.12 bits per heavy atom. The van der Waals surface area contributed by atoms with Crippen LogP contribution in [0, 0.1) is 5.92 Å². The topological polar surface area (TPSA) is 29.3 Å². The van der Waals surface area contributed by atoms with Gasteiger partial charge in [0.05, 0.1) is 0 Å². The highest BCUT2D eigenvalue weighted by atomic mass is 15.1. The van der Waals surface area contributed by atoms with E-state index in [9.17, 15) is 0 Å². The van der Waals surface area contributed by atoms with Gasteiger partial charge in [-0.3, -0.25) is 0 Å². The molecule has 1 unspecified atom stereocenters. The van der Waals surface area contributed by atoms with Crippen molar-refractivity contribution in [2.24, 2.45) is 11.7 Å². The van der Waals surface area contributed by atoms with Gasteiger partial charge in [0.25, 0.3) is 0 Å². The van der Waals surface area contributed by atoms with Gasteiger partial charge in [-0.25, -0.2) is 0 Å². The second-order valence-corrected chi connectivity index (χ2v) is 5.22. The molecule has 0 aliphatic carbocycles. The number of unbranched alkanes of at least 4 members (excludes halogenated alkanes) is 6. The summed E-state index contributed by atoms with van der Waals surface area (Å²) in [5.74, 6) is 0.634. The van der Waals surface area contributed by atoms with Gasteiger partial charge < -0.3 is 10.6 Å². The van der Waals surface area contributed by atoms with Crippen molar-refractivity contribution < 1.29 is 0 Å². The van der Waals surface area contributed by atoms with Crippen molar-refractivity contribution in [3.63, 3.8) is 0 Å². The molecule has 0 aliphatic heterocycles. The summed E-state index contributed by atoms with van der Waals surface area (Å²) in [4.78, 5) is 2.42. The molecule has 98 valence electrons. The first kappa shape index (κ1) is 15.9. The third-order valence-corrected chi connectivity index (χ3v) is 3.17. The van der Waals surface area contributed by atoms with Gasteiger partial charge in [0, 0.05) is 6.54 Å². The summed E-state index contributed by atoms with van der Waals surface area (Å²) in [6.07, 6.45) is 9.77. The highest BCUT2D eigenvalue weighted by Crippen LogP contribution is 2.07. The fraction of sp³-hybridized carbons (Fsp3) is 1.00. The second-order valence-electron chi connectivity index (χ2n) is 5.22. The van der Waals surface area contributed by atoms with Crippen LogP contribution in [0.25, 0.3) is 0 Å². The number of nitrogens with zero attached hydrogens (tertiary/aromatic N) is 1. The first-order valence-corrected chi connectivity index (χ1v) is 7.09. The van der Waals surface area contributed by atoms with Gasteiger partial charge in [-0.15, -0.1) is 0 Å². The van der Waals surface area contributed by atoms with Gasteiger partial charge in [0.2, 0.25) is 0 Å². The van der Waals surface area contributed by atoms with Crippen LogP contribution in [0.15, 0.2) is 0 Å². The van der Waals surface area contributed by atoms with Crippen LogP contribution in [0.1, 0.15) is 58.8 Å². The molecule has 16 heavy (non-hydrogen) atoms. The minimum absolute atomic E-state index is 0.634. The summed E-state index contributed by atoms with van der Waals surface area (Å²) in [5.41, 5.74) is 5.62. The number of nitrogens with two attached hydrogens (primary N) is 1. The van der Waals surface area contributed by atoms with Crippen LogP contribution in [0.2, 0.25) is 0 Å². The first-order valence-electron chi connectivity index (χ1n) is 7.09. The molecule has 0 rings (SSSR count). The molecule has 2 N–H and O–H groups in total. The van der Waals surface area contributed by atoms with Crippen LogP contribution >= 0.6 is 0 Å². The molecule has 0 aliphatic rings. The summed E-state index contributed by atoms with van der Waals surface area (Å²) in [5, 5.41) is 0. The van der Waals surface area contributed by atoms with E-state index in [1.807, 2.05) is 0 Å². The first-order chi connectivity index (χ1) is 7.70. The normalized spacial score (nSPS) is 13.3. The van der Waals surface area contributed by atoms with E-state index < -0.39 is 0 Å². The standard InChI is InChI=1S/C14H32N2/c1-4-5-6-7-8-9-10-11-16(3)13-14(2)12-15/h14H,4-13,15H2,1-3H3. The van der Waals surface area contributed by atoms with Crippen LogP contribution in [0.4, 0.5) is 0 Å². The minimum atomic E-state index is 0.634. The van der Waals surface area contributed by atoms with Crippen molar-refractivity contribution in [1.82, 2.24) is 4.90 Å². The summed E-state index contributed by atoms with van der Waals surface area (Å²) in [6, 6.07) is 0. The lowest BCUT2D eigenvalue weighted by Crippen LogP contribution is -2.29. The summed E-state index contributed by atoms with van der Waals surface area (Å²) in [7, 11) is 2.21. The predicted octanol–water partition coefficient (Wildman–Crippen LogP) is 3.26. The number of hydrogen-bond donors (Lipinski definition) is 1. The molecule has 0 heterocycles. The maximum atomic E-state index is 5.62. The molecule has 0 fully saturated rings. The van der Waals surface area contributed by atoms with E-state index in [1.54, 1.807) is 0 Å². The molecular formula is C14H32N2. The van der Waals surface area contributed by atoms with Gasteiger partial charge in [-0.1, -0.05) is 52.4 Å². The molecule has 0 aromatic heterocycles. The monoisotopic (exact) mass is 228 g/mol. The second kappa shape index (κ2) is 11.4. The van der Waals surface area contributed by atoms with E-state index in [0.29, 0.717) is 5.92 Å². The smallest absolute Gasteiger partial charge is 0.00160 e. The van der Waals surface area contributed by atoms with Crippen molar-refractivity contribution in [2.45, 2.75) is 58.8 Å². The molecule has 0 radical (unpaired) electrons. The zero-order valence-corrected chi connectivity index (χ0v) is 11.7. The lowest BCUT2D eigenvalue weighted by Gasteiger charge is -2.20. The maximum absolute atomic E-state index is 5.62. The molecule has 0 aromatic rings. The highest BCUT2D eigenvalue weighted by Gasteiger charge is 2.03. The molecule has 0 spiro atoms. The Labute approximate surface area is 103 Å². The van der Waals surface area contributed by atoms with Gasteiger partial charge in [-0.2, -0.15) is 0 Å². The van der Waals surface area contributed by atoms with Crippen LogP contribution in [0.3, 0.4) is 0 Å². The zero-order valence-electron chi connectivity index (χ0n) is 11.7. The largest absolute Gasteiger partial charge is 0.330 e. The molecule has 2 heteroatoms. The Kier molecular flexibility index (Phi) is 11.3. The van der Waals surface area contributed by atoms with Crippen LogP contribution in [-0.2, 0) is 0 Å². The van der Waals surface area contributed by atoms with E-state index in [1.165, 1.54) is 51.5 Å². The Bertz CT molecular complexity index is 137. The fourth-order valence-corrected chi connectivity index (χ4v) is 2.04. The third-order valence-electron chi connectivity index (χ3n) is 3.17. The quantitative estimate of drug-likeness (QED) is 0.550. The van der Waals surface area contributed by atoms with Crippen molar-refractivity contribution >= 4 is 0 Å². The van der Waals surface area contributed by atoms with Crippen LogP contribution in [0.5, 0.6) is 0 Å². The molecule has 1 atom stereocenters. The average molecular weight is 228 g/mol. The molecule has 0 bridgehead atoms. The van der Waals surface area contributed by atoms with Gasteiger partial charge in [0.1, 0.15) is 0 Å².